The molecule has 1 atom stereocenters. The van der Waals surface area contributed by atoms with Crippen molar-refractivity contribution in [3.63, 3.8) is 0 Å². The molecule has 1 aromatic carbocycles. The number of carbonyl (C=O) groups excluding carboxylic acids is 2. The lowest BCUT2D eigenvalue weighted by Crippen LogP contribution is -2.45. The Balaban J connectivity index is 1.58. The minimum atomic E-state index is -0.593. The number of rotatable bonds is 5. The fourth-order valence-electron chi connectivity index (χ4n) is 2.37. The number of nitrogens with zero attached hydrogens (tertiary/aromatic N) is 2. The maximum Gasteiger partial charge on any atom is 0.248 e. The van der Waals surface area contributed by atoms with Crippen molar-refractivity contribution in [1.29, 1.82) is 0 Å². The third kappa shape index (κ3) is 3.79. The molecule has 2 N–H and O–H groups in total. The van der Waals surface area contributed by atoms with Gasteiger partial charge in [0.15, 0.2) is 0 Å². The van der Waals surface area contributed by atoms with E-state index in [9.17, 15) is 9.59 Å². The Labute approximate surface area is 144 Å². The van der Waals surface area contributed by atoms with Crippen LogP contribution in [0.1, 0.15) is 31.7 Å². The minimum absolute atomic E-state index is 0.0403. The van der Waals surface area contributed by atoms with Gasteiger partial charge in [0.05, 0.1) is 0 Å². The number of carbonyl (C=O) groups is 2. The summed E-state index contributed by atoms with van der Waals surface area (Å²) in [5.74, 6) is -0.259. The summed E-state index contributed by atoms with van der Waals surface area (Å²) in [6.07, 6.45) is 2.91. The van der Waals surface area contributed by atoms with E-state index in [1.54, 1.807) is 6.92 Å². The van der Waals surface area contributed by atoms with Gasteiger partial charge >= 0.3 is 0 Å². The molecule has 1 saturated carbocycles. The van der Waals surface area contributed by atoms with Gasteiger partial charge in [-0.2, -0.15) is 0 Å². The fraction of sp³-hybridized carbons (Fsp3) is 0.412. The maximum atomic E-state index is 12.2. The molecule has 24 heavy (non-hydrogen) atoms. The van der Waals surface area contributed by atoms with Crippen LogP contribution >= 0.6 is 11.3 Å². The molecule has 1 unspecified atom stereocenters. The van der Waals surface area contributed by atoms with Crippen LogP contribution in [0.4, 0.5) is 5.13 Å². The summed E-state index contributed by atoms with van der Waals surface area (Å²) in [7, 11) is 0. The van der Waals surface area contributed by atoms with E-state index in [4.69, 9.17) is 0 Å². The molecular formula is C17H20N4O2S. The van der Waals surface area contributed by atoms with Crippen LogP contribution < -0.4 is 10.6 Å². The molecule has 0 radical (unpaired) electrons. The molecule has 0 saturated heterocycles. The fourth-order valence-corrected chi connectivity index (χ4v) is 3.12. The Morgan fingerprint density at radius 3 is 2.54 bits per heavy atom. The van der Waals surface area contributed by atoms with Gasteiger partial charge < -0.3 is 5.32 Å². The predicted molar refractivity (Wildman–Crippen MR) is 93.7 cm³/mol. The minimum Gasteiger partial charge on any atom is -0.344 e. The van der Waals surface area contributed by atoms with Crippen LogP contribution in [0.3, 0.4) is 0 Å². The normalized spacial score (nSPS) is 15.4. The van der Waals surface area contributed by atoms with E-state index < -0.39 is 6.04 Å². The van der Waals surface area contributed by atoms with Crippen LogP contribution in [-0.4, -0.2) is 28.1 Å². The van der Waals surface area contributed by atoms with E-state index in [-0.39, 0.29) is 17.7 Å². The Kier molecular flexibility index (Phi) is 4.89. The van der Waals surface area contributed by atoms with E-state index in [2.05, 4.69) is 20.8 Å². The van der Waals surface area contributed by atoms with Crippen molar-refractivity contribution in [3.05, 3.63) is 29.8 Å². The highest BCUT2D eigenvalue weighted by Crippen LogP contribution is 2.27. The highest BCUT2D eigenvalue weighted by Gasteiger charge is 2.27. The van der Waals surface area contributed by atoms with E-state index >= 15 is 0 Å². The smallest absolute Gasteiger partial charge is 0.248 e. The van der Waals surface area contributed by atoms with Crippen LogP contribution in [0, 0.1) is 12.8 Å². The number of aryl methyl sites for hydroxylation is 1. The van der Waals surface area contributed by atoms with Gasteiger partial charge in [0.2, 0.25) is 16.9 Å². The first-order valence-electron chi connectivity index (χ1n) is 8.04. The Morgan fingerprint density at radius 2 is 1.92 bits per heavy atom. The zero-order chi connectivity index (χ0) is 17.1. The van der Waals surface area contributed by atoms with Crippen LogP contribution in [0.5, 0.6) is 0 Å². The molecule has 7 heteroatoms. The second kappa shape index (κ2) is 7.09. The lowest BCUT2D eigenvalue weighted by atomic mass is 9.84. The van der Waals surface area contributed by atoms with E-state index in [0.29, 0.717) is 5.13 Å². The average molecular weight is 344 g/mol. The Hall–Kier alpha value is -2.28. The quantitative estimate of drug-likeness (QED) is 0.873. The molecule has 2 aromatic rings. The van der Waals surface area contributed by atoms with Crippen molar-refractivity contribution >= 4 is 28.3 Å². The molecule has 0 aliphatic heterocycles. The van der Waals surface area contributed by atoms with Gasteiger partial charge in [-0.25, -0.2) is 0 Å². The van der Waals surface area contributed by atoms with Crippen LogP contribution in [0.2, 0.25) is 0 Å². The number of aromatic nitrogens is 2. The third-order valence-electron chi connectivity index (χ3n) is 4.18. The number of nitrogens with one attached hydrogen (secondary N) is 2. The monoisotopic (exact) mass is 344 g/mol. The average Bonchev–Trinajstić information content (AvgIpc) is 2.94. The SMILES string of the molecule is Cc1ccc(-c2nnc(NC(=O)C(C)NC(=O)C3CCC3)s2)cc1. The Bertz CT molecular complexity index is 737. The predicted octanol–water partition coefficient (Wildman–Crippen LogP) is 2.76. The van der Waals surface area contributed by atoms with Gasteiger partial charge in [0, 0.05) is 11.5 Å². The number of benzene rings is 1. The lowest BCUT2D eigenvalue weighted by molar-refractivity contribution is -0.130. The van der Waals surface area contributed by atoms with E-state index in [1.807, 2.05) is 31.2 Å². The standard InChI is InChI=1S/C17H20N4O2S/c1-10-6-8-13(9-7-10)16-20-21-17(24-16)19-14(22)11(2)18-15(23)12-4-3-5-12/h6-9,11-12H,3-5H2,1-2H3,(H,18,23)(H,19,21,22). The molecule has 126 valence electrons. The van der Waals surface area contributed by atoms with E-state index in [1.165, 1.54) is 16.9 Å². The van der Waals surface area contributed by atoms with Crippen LogP contribution in [0.25, 0.3) is 10.6 Å². The molecule has 6 nitrogen and oxygen atoms in total. The summed E-state index contributed by atoms with van der Waals surface area (Å²) in [5, 5.41) is 14.8. The molecule has 1 fully saturated rings. The molecule has 0 bridgehead atoms. The molecular weight excluding hydrogens is 324 g/mol. The summed E-state index contributed by atoms with van der Waals surface area (Å²) < 4.78 is 0. The maximum absolute atomic E-state index is 12.2. The summed E-state index contributed by atoms with van der Waals surface area (Å²) in [4.78, 5) is 24.1. The molecule has 1 aliphatic carbocycles. The molecule has 1 aliphatic rings. The topological polar surface area (TPSA) is 84.0 Å². The second-order valence-corrected chi connectivity index (χ2v) is 7.10. The summed E-state index contributed by atoms with van der Waals surface area (Å²) in [6, 6.07) is 7.37. The summed E-state index contributed by atoms with van der Waals surface area (Å²) >= 11 is 1.31. The molecule has 2 amide bonds. The van der Waals surface area contributed by atoms with Crippen molar-refractivity contribution in [2.75, 3.05) is 5.32 Å². The van der Waals surface area contributed by atoms with Crippen molar-refractivity contribution in [2.24, 2.45) is 5.92 Å². The summed E-state index contributed by atoms with van der Waals surface area (Å²) in [5.41, 5.74) is 2.14. The van der Waals surface area contributed by atoms with Crippen molar-refractivity contribution in [3.8, 4) is 10.6 Å². The van der Waals surface area contributed by atoms with Crippen LogP contribution in [-0.2, 0) is 9.59 Å². The molecule has 0 spiro atoms. The van der Waals surface area contributed by atoms with Gasteiger partial charge in [0.1, 0.15) is 11.0 Å². The second-order valence-electron chi connectivity index (χ2n) is 6.13. The third-order valence-corrected chi connectivity index (χ3v) is 5.07. The number of anilines is 1. The first-order valence-corrected chi connectivity index (χ1v) is 8.86. The van der Waals surface area contributed by atoms with Gasteiger partial charge in [-0.15, -0.1) is 10.2 Å². The lowest BCUT2D eigenvalue weighted by Gasteiger charge is -2.25. The largest absolute Gasteiger partial charge is 0.344 e. The van der Waals surface area contributed by atoms with Crippen molar-refractivity contribution in [2.45, 2.75) is 39.2 Å². The zero-order valence-electron chi connectivity index (χ0n) is 13.7. The molecule has 1 heterocycles. The van der Waals surface area contributed by atoms with Gasteiger partial charge in [-0.3, -0.25) is 14.9 Å². The molecule has 3 rings (SSSR count). The highest BCUT2D eigenvalue weighted by atomic mass is 32.1. The van der Waals surface area contributed by atoms with E-state index in [0.717, 1.165) is 29.8 Å². The number of hydrogen-bond donors (Lipinski definition) is 2. The van der Waals surface area contributed by atoms with Gasteiger partial charge in [-0.05, 0) is 26.7 Å². The highest BCUT2D eigenvalue weighted by molar-refractivity contribution is 7.18. The van der Waals surface area contributed by atoms with Gasteiger partial charge in [-0.1, -0.05) is 47.6 Å². The Morgan fingerprint density at radius 1 is 1.21 bits per heavy atom. The summed E-state index contributed by atoms with van der Waals surface area (Å²) in [6.45, 7) is 3.70. The zero-order valence-corrected chi connectivity index (χ0v) is 14.5. The van der Waals surface area contributed by atoms with Gasteiger partial charge in [0.25, 0.3) is 0 Å². The first kappa shape index (κ1) is 16.6. The number of hydrogen-bond acceptors (Lipinski definition) is 5. The van der Waals surface area contributed by atoms with Crippen molar-refractivity contribution in [1.82, 2.24) is 15.5 Å². The number of amides is 2. The van der Waals surface area contributed by atoms with Crippen molar-refractivity contribution < 1.29 is 9.59 Å². The first-order chi connectivity index (χ1) is 11.5. The van der Waals surface area contributed by atoms with Crippen LogP contribution in [0.15, 0.2) is 24.3 Å². The molecule has 1 aromatic heterocycles.